The molecule has 176 valence electrons. The van der Waals surface area contributed by atoms with Crippen LogP contribution in [0.3, 0.4) is 0 Å². The molecule has 10 nitrogen and oxygen atoms in total. The number of aromatic nitrogens is 2. The second-order valence-corrected chi connectivity index (χ2v) is 9.62. The highest BCUT2D eigenvalue weighted by Crippen LogP contribution is 2.34. The number of nitro benzene ring substituents is 1. The molecule has 2 heterocycles. The Labute approximate surface area is 192 Å². The molecule has 33 heavy (non-hydrogen) atoms. The number of piperidine rings is 1. The van der Waals surface area contributed by atoms with Gasteiger partial charge in [-0.15, -0.1) is 0 Å². The number of benzene rings is 1. The zero-order chi connectivity index (χ0) is 23.8. The van der Waals surface area contributed by atoms with E-state index in [2.05, 4.69) is 10.2 Å². The van der Waals surface area contributed by atoms with Crippen LogP contribution in [0.1, 0.15) is 56.9 Å². The second kappa shape index (κ2) is 8.84. The van der Waals surface area contributed by atoms with Gasteiger partial charge in [0.25, 0.3) is 11.6 Å². The zero-order valence-electron chi connectivity index (χ0n) is 19.1. The molecular weight excluding hydrogens is 426 g/mol. The van der Waals surface area contributed by atoms with Crippen LogP contribution in [0.5, 0.6) is 0 Å². The first-order valence-electron chi connectivity index (χ1n) is 11.2. The van der Waals surface area contributed by atoms with E-state index in [1.165, 1.54) is 12.1 Å². The molecule has 2 aliphatic rings. The quantitative estimate of drug-likeness (QED) is 0.537. The fourth-order valence-corrected chi connectivity index (χ4v) is 4.13. The highest BCUT2D eigenvalue weighted by Gasteiger charge is 2.40. The van der Waals surface area contributed by atoms with Crippen molar-refractivity contribution >= 4 is 17.7 Å². The van der Waals surface area contributed by atoms with E-state index in [0.717, 1.165) is 12.8 Å². The van der Waals surface area contributed by atoms with Crippen molar-refractivity contribution in [2.24, 2.45) is 0 Å². The number of carbonyl (C=O) groups is 2. The SMILES string of the molecule is CC(C)(C)OC(=O)N1CCC(N(C(=O)c2cc(-c3cccc([N+](=O)[O-])c3)n[nH]2)C2CC2)CC1. The molecule has 1 aliphatic carbocycles. The fraction of sp³-hybridized carbons (Fsp3) is 0.522. The minimum Gasteiger partial charge on any atom is -0.444 e. The molecule has 1 aliphatic heterocycles. The van der Waals surface area contributed by atoms with Crippen molar-refractivity contribution in [1.29, 1.82) is 0 Å². The summed E-state index contributed by atoms with van der Waals surface area (Å²) < 4.78 is 5.47. The Kier molecular flexibility index (Phi) is 6.09. The van der Waals surface area contributed by atoms with Crippen LogP contribution in [0.15, 0.2) is 30.3 Å². The summed E-state index contributed by atoms with van der Waals surface area (Å²) >= 11 is 0. The average Bonchev–Trinajstić information content (AvgIpc) is 3.47. The first-order chi connectivity index (χ1) is 15.6. The van der Waals surface area contributed by atoms with E-state index in [4.69, 9.17) is 4.74 Å². The summed E-state index contributed by atoms with van der Waals surface area (Å²) in [6, 6.07) is 8.05. The molecule has 1 saturated carbocycles. The molecule has 0 radical (unpaired) electrons. The highest BCUT2D eigenvalue weighted by molar-refractivity contribution is 5.94. The Bertz CT molecular complexity index is 1050. The van der Waals surface area contributed by atoms with Gasteiger partial charge in [0.2, 0.25) is 0 Å². The zero-order valence-corrected chi connectivity index (χ0v) is 19.1. The van der Waals surface area contributed by atoms with Crippen molar-refractivity contribution in [3.8, 4) is 11.3 Å². The lowest BCUT2D eigenvalue weighted by Gasteiger charge is -2.39. The van der Waals surface area contributed by atoms with Gasteiger partial charge in [-0.3, -0.25) is 20.0 Å². The Morgan fingerprint density at radius 2 is 1.82 bits per heavy atom. The number of H-pyrrole nitrogens is 1. The number of nitrogens with one attached hydrogen (secondary N) is 1. The maximum absolute atomic E-state index is 13.4. The fourth-order valence-electron chi connectivity index (χ4n) is 4.13. The van der Waals surface area contributed by atoms with Gasteiger partial charge in [-0.05, 0) is 52.5 Å². The third-order valence-corrected chi connectivity index (χ3v) is 5.85. The van der Waals surface area contributed by atoms with Crippen LogP contribution in [0.25, 0.3) is 11.3 Å². The van der Waals surface area contributed by atoms with Gasteiger partial charge in [0.15, 0.2) is 0 Å². The number of rotatable bonds is 5. The first kappa shape index (κ1) is 22.8. The number of hydrogen-bond acceptors (Lipinski definition) is 6. The molecule has 10 heteroatoms. The molecule has 1 saturated heterocycles. The lowest BCUT2D eigenvalue weighted by molar-refractivity contribution is -0.384. The smallest absolute Gasteiger partial charge is 0.410 e. The summed E-state index contributed by atoms with van der Waals surface area (Å²) in [4.78, 5) is 40.0. The van der Waals surface area contributed by atoms with Gasteiger partial charge in [-0.2, -0.15) is 5.10 Å². The molecule has 2 amide bonds. The summed E-state index contributed by atoms with van der Waals surface area (Å²) in [7, 11) is 0. The molecule has 1 N–H and O–H groups in total. The number of nitro groups is 1. The molecule has 0 bridgehead atoms. The number of aromatic amines is 1. The van der Waals surface area contributed by atoms with Crippen molar-refractivity contribution in [3.05, 3.63) is 46.1 Å². The molecule has 1 aromatic carbocycles. The molecule has 0 atom stereocenters. The number of nitrogens with zero attached hydrogens (tertiary/aromatic N) is 4. The largest absolute Gasteiger partial charge is 0.444 e. The van der Waals surface area contributed by atoms with Gasteiger partial charge < -0.3 is 14.5 Å². The number of hydrogen-bond donors (Lipinski definition) is 1. The third-order valence-electron chi connectivity index (χ3n) is 5.85. The van der Waals surface area contributed by atoms with Crippen LogP contribution in [0, 0.1) is 10.1 Å². The predicted molar refractivity (Wildman–Crippen MR) is 121 cm³/mol. The number of likely N-dealkylation sites (tertiary alicyclic amines) is 1. The lowest BCUT2D eigenvalue weighted by atomic mass is 10.0. The predicted octanol–water partition coefficient (Wildman–Crippen LogP) is 3.99. The van der Waals surface area contributed by atoms with Crippen molar-refractivity contribution in [2.45, 2.75) is 64.1 Å². The molecule has 0 unspecified atom stereocenters. The summed E-state index contributed by atoms with van der Waals surface area (Å²) in [6.45, 7) is 6.61. The van der Waals surface area contributed by atoms with Crippen LogP contribution in [-0.4, -0.2) is 67.7 Å². The van der Waals surface area contributed by atoms with Crippen molar-refractivity contribution in [3.63, 3.8) is 0 Å². The van der Waals surface area contributed by atoms with Gasteiger partial charge in [0.1, 0.15) is 11.3 Å². The summed E-state index contributed by atoms with van der Waals surface area (Å²) in [6.07, 6.45) is 2.98. The van der Waals surface area contributed by atoms with E-state index in [9.17, 15) is 19.7 Å². The Morgan fingerprint density at radius 1 is 1.15 bits per heavy atom. The van der Waals surface area contributed by atoms with Crippen LogP contribution < -0.4 is 0 Å². The Balaban J connectivity index is 1.45. The van der Waals surface area contributed by atoms with Crippen molar-refractivity contribution < 1.29 is 19.2 Å². The standard InChI is InChI=1S/C23H29N5O5/c1-23(2,3)33-22(30)26-11-9-17(10-12-26)27(16-7-8-16)21(29)20-14-19(24-25-20)15-5-4-6-18(13-15)28(31)32/h4-6,13-14,16-17H,7-12H2,1-3H3,(H,24,25). The first-order valence-corrected chi connectivity index (χ1v) is 11.2. The van der Waals surface area contributed by atoms with E-state index < -0.39 is 10.5 Å². The van der Waals surface area contributed by atoms with Crippen molar-refractivity contribution in [2.75, 3.05) is 13.1 Å². The van der Waals surface area contributed by atoms with Gasteiger partial charge in [0, 0.05) is 42.9 Å². The normalized spacial score (nSPS) is 17.0. The average molecular weight is 456 g/mol. The minimum absolute atomic E-state index is 0.0280. The second-order valence-electron chi connectivity index (χ2n) is 9.62. The van der Waals surface area contributed by atoms with Crippen LogP contribution in [-0.2, 0) is 4.74 Å². The van der Waals surface area contributed by atoms with Gasteiger partial charge in [-0.1, -0.05) is 12.1 Å². The number of ether oxygens (including phenoxy) is 1. The minimum atomic E-state index is -0.540. The van der Waals surface area contributed by atoms with Gasteiger partial charge >= 0.3 is 6.09 Å². The van der Waals surface area contributed by atoms with Crippen LogP contribution >= 0.6 is 0 Å². The van der Waals surface area contributed by atoms with Crippen LogP contribution in [0.2, 0.25) is 0 Å². The van der Waals surface area contributed by atoms with E-state index in [1.54, 1.807) is 23.1 Å². The summed E-state index contributed by atoms with van der Waals surface area (Å²) in [5.41, 5.74) is 0.847. The number of carbonyl (C=O) groups excluding carboxylic acids is 2. The van der Waals surface area contributed by atoms with Crippen LogP contribution in [0.4, 0.5) is 10.5 Å². The molecule has 1 aromatic heterocycles. The molecular formula is C23H29N5O5. The van der Waals surface area contributed by atoms with E-state index >= 15 is 0 Å². The molecule has 2 aromatic rings. The maximum atomic E-state index is 13.4. The molecule has 4 rings (SSSR count). The van der Waals surface area contributed by atoms with Crippen molar-refractivity contribution in [1.82, 2.24) is 20.0 Å². The highest BCUT2D eigenvalue weighted by atomic mass is 16.6. The lowest BCUT2D eigenvalue weighted by Crippen LogP contribution is -2.50. The molecule has 0 spiro atoms. The Morgan fingerprint density at radius 3 is 2.42 bits per heavy atom. The maximum Gasteiger partial charge on any atom is 0.410 e. The van der Waals surface area contributed by atoms with E-state index in [1.807, 2.05) is 25.7 Å². The molecule has 2 fully saturated rings. The monoisotopic (exact) mass is 455 g/mol. The number of non-ortho nitro benzene ring substituents is 1. The topological polar surface area (TPSA) is 122 Å². The van der Waals surface area contributed by atoms with E-state index in [-0.39, 0.29) is 29.8 Å². The Hall–Kier alpha value is -3.43. The van der Waals surface area contributed by atoms with Gasteiger partial charge in [0.05, 0.1) is 10.6 Å². The third kappa shape index (κ3) is 5.32. The van der Waals surface area contributed by atoms with E-state index in [0.29, 0.717) is 42.9 Å². The summed E-state index contributed by atoms with van der Waals surface area (Å²) in [5, 5.41) is 18.1. The summed E-state index contributed by atoms with van der Waals surface area (Å²) in [5.74, 6) is -0.127. The van der Waals surface area contributed by atoms with Gasteiger partial charge in [-0.25, -0.2) is 4.79 Å². The number of amides is 2.